The van der Waals surface area contributed by atoms with Crippen molar-refractivity contribution in [2.45, 2.75) is 13.8 Å². The first-order chi connectivity index (χ1) is 14.9. The Bertz CT molecular complexity index is 1050. The molecule has 0 atom stereocenters. The number of ether oxygens (including phenoxy) is 1. The van der Waals surface area contributed by atoms with Gasteiger partial charge in [-0.2, -0.15) is 0 Å². The summed E-state index contributed by atoms with van der Waals surface area (Å²) in [6, 6.07) is 15.5. The van der Waals surface area contributed by atoms with Gasteiger partial charge in [0.05, 0.1) is 18.0 Å². The lowest BCUT2D eigenvalue weighted by Crippen LogP contribution is -2.26. The summed E-state index contributed by atoms with van der Waals surface area (Å²) in [5.74, 6) is 0.960. The van der Waals surface area contributed by atoms with E-state index >= 15 is 0 Å². The van der Waals surface area contributed by atoms with Crippen molar-refractivity contribution >= 4 is 23.0 Å². The van der Waals surface area contributed by atoms with Gasteiger partial charge in [0.2, 0.25) is 0 Å². The fraction of sp³-hybridized carbons (Fsp3) is 0.250. The number of benzene rings is 2. The molecule has 1 heterocycles. The largest absolute Gasteiger partial charge is 0.457 e. The molecule has 1 aromatic heterocycles. The van der Waals surface area contributed by atoms with Gasteiger partial charge in [0.15, 0.2) is 0 Å². The summed E-state index contributed by atoms with van der Waals surface area (Å²) in [4.78, 5) is 18.0. The maximum absolute atomic E-state index is 11.8. The van der Waals surface area contributed by atoms with Gasteiger partial charge in [-0.1, -0.05) is 18.2 Å². The molecule has 3 N–H and O–H groups in total. The lowest BCUT2D eigenvalue weighted by Gasteiger charge is -2.25. The van der Waals surface area contributed by atoms with E-state index < -0.39 is 0 Å². The van der Waals surface area contributed by atoms with Crippen LogP contribution in [-0.4, -0.2) is 38.7 Å². The Kier molecular flexibility index (Phi) is 6.97. The van der Waals surface area contributed by atoms with Crippen molar-refractivity contribution in [1.29, 1.82) is 0 Å². The second-order valence-electron chi connectivity index (χ2n) is 7.29. The number of carbonyl (C=O) groups excluding carboxylic acids is 1. The summed E-state index contributed by atoms with van der Waals surface area (Å²) in [7, 11) is 5.49. The molecule has 7 nitrogen and oxygen atoms in total. The summed E-state index contributed by atoms with van der Waals surface area (Å²) in [6.07, 6.45) is 1.56. The van der Waals surface area contributed by atoms with Gasteiger partial charge in [-0.15, -0.1) is 0 Å². The maximum Gasteiger partial charge on any atom is 0.269 e. The number of hydrogen-bond donors (Lipinski definition) is 3. The van der Waals surface area contributed by atoms with Crippen LogP contribution in [0.2, 0.25) is 0 Å². The number of pyridine rings is 1. The fourth-order valence-corrected chi connectivity index (χ4v) is 3.35. The molecule has 2 aromatic carbocycles. The van der Waals surface area contributed by atoms with Gasteiger partial charge in [-0.25, -0.2) is 0 Å². The zero-order valence-corrected chi connectivity index (χ0v) is 18.6. The first-order valence-electron chi connectivity index (χ1n) is 10.1. The third kappa shape index (κ3) is 5.25. The first kappa shape index (κ1) is 22.0. The highest BCUT2D eigenvalue weighted by Gasteiger charge is 2.11. The summed E-state index contributed by atoms with van der Waals surface area (Å²) in [5.41, 5.74) is 5.88. The lowest BCUT2D eigenvalue weighted by molar-refractivity contribution is 0.0958. The Morgan fingerprint density at radius 3 is 2.42 bits per heavy atom. The number of nitrogens with zero attached hydrogens (tertiary/aromatic N) is 2. The number of hydrogen-bond acceptors (Lipinski definition) is 6. The quantitative estimate of drug-likeness (QED) is 0.470. The predicted octanol–water partition coefficient (Wildman–Crippen LogP) is 4.40. The molecule has 0 aliphatic heterocycles. The summed E-state index contributed by atoms with van der Waals surface area (Å²) in [5, 5.41) is 9.33. The van der Waals surface area contributed by atoms with Gasteiger partial charge < -0.3 is 25.6 Å². The minimum absolute atomic E-state index is 0.255. The molecular formula is C24H29N5O2. The molecule has 0 bridgehead atoms. The lowest BCUT2D eigenvalue weighted by atomic mass is 10.1. The number of para-hydroxylation sites is 1. The maximum atomic E-state index is 11.8. The van der Waals surface area contributed by atoms with E-state index in [4.69, 9.17) is 4.74 Å². The van der Waals surface area contributed by atoms with Crippen LogP contribution < -0.4 is 25.6 Å². The Morgan fingerprint density at radius 2 is 1.74 bits per heavy atom. The molecule has 3 aromatic rings. The van der Waals surface area contributed by atoms with E-state index in [2.05, 4.69) is 57.9 Å². The SMILES string of the molecule is CNC(=O)c1cc(Oc2ccc(N(C)CNc3c(C)cccc3C)c(NC)c2)ccn1. The zero-order chi connectivity index (χ0) is 22.4. The average molecular weight is 420 g/mol. The molecule has 3 rings (SSSR count). The monoisotopic (exact) mass is 419 g/mol. The molecule has 0 unspecified atom stereocenters. The van der Waals surface area contributed by atoms with Crippen molar-refractivity contribution < 1.29 is 9.53 Å². The number of rotatable bonds is 8. The van der Waals surface area contributed by atoms with Crippen molar-refractivity contribution in [2.24, 2.45) is 0 Å². The summed E-state index contributed by atoms with van der Waals surface area (Å²) in [6.45, 7) is 4.87. The predicted molar refractivity (Wildman–Crippen MR) is 126 cm³/mol. The smallest absolute Gasteiger partial charge is 0.269 e. The number of aromatic nitrogens is 1. The molecule has 31 heavy (non-hydrogen) atoms. The van der Waals surface area contributed by atoms with Crippen LogP contribution in [0.25, 0.3) is 0 Å². The highest BCUT2D eigenvalue weighted by molar-refractivity contribution is 5.92. The topological polar surface area (TPSA) is 78.5 Å². The molecule has 0 radical (unpaired) electrons. The molecule has 1 amide bonds. The van der Waals surface area contributed by atoms with E-state index in [1.807, 2.05) is 32.3 Å². The van der Waals surface area contributed by atoms with Gasteiger partial charge in [-0.05, 0) is 43.2 Å². The average Bonchev–Trinajstić information content (AvgIpc) is 2.78. The minimum Gasteiger partial charge on any atom is -0.457 e. The van der Waals surface area contributed by atoms with E-state index in [0.717, 1.165) is 17.1 Å². The van der Waals surface area contributed by atoms with Gasteiger partial charge in [0, 0.05) is 45.2 Å². The van der Waals surface area contributed by atoms with Gasteiger partial charge in [0.1, 0.15) is 17.2 Å². The zero-order valence-electron chi connectivity index (χ0n) is 18.6. The normalized spacial score (nSPS) is 10.4. The Hall–Kier alpha value is -3.74. The van der Waals surface area contributed by atoms with Gasteiger partial charge in [-0.3, -0.25) is 9.78 Å². The van der Waals surface area contributed by atoms with E-state index in [1.165, 1.54) is 11.1 Å². The number of amides is 1. The first-order valence-corrected chi connectivity index (χ1v) is 10.1. The van der Waals surface area contributed by atoms with Crippen LogP contribution in [-0.2, 0) is 0 Å². The van der Waals surface area contributed by atoms with Crippen molar-refractivity contribution in [3.8, 4) is 11.5 Å². The molecule has 0 saturated carbocycles. The standard InChI is InChI=1S/C24H29N5O2/c1-16-7-6-8-17(2)23(16)28-15-29(5)22-10-9-18(13-20(22)25-3)31-19-11-12-27-21(14-19)24(30)26-4/h6-14,25,28H,15H2,1-5H3,(H,26,30). The number of carbonyl (C=O) groups is 1. The summed E-state index contributed by atoms with van der Waals surface area (Å²) < 4.78 is 5.96. The fourth-order valence-electron chi connectivity index (χ4n) is 3.35. The third-order valence-corrected chi connectivity index (χ3v) is 5.05. The molecule has 0 fully saturated rings. The molecule has 0 aliphatic rings. The van der Waals surface area contributed by atoms with Crippen LogP contribution in [0.5, 0.6) is 11.5 Å². The van der Waals surface area contributed by atoms with Crippen molar-refractivity contribution in [2.75, 3.05) is 43.3 Å². The Labute approximate surface area is 183 Å². The van der Waals surface area contributed by atoms with Gasteiger partial charge >= 0.3 is 0 Å². The number of nitrogens with one attached hydrogen (secondary N) is 3. The molecular weight excluding hydrogens is 390 g/mol. The van der Waals surface area contributed by atoms with Crippen molar-refractivity contribution in [3.05, 3.63) is 71.5 Å². The van der Waals surface area contributed by atoms with Crippen LogP contribution >= 0.6 is 0 Å². The Balaban J connectivity index is 1.74. The van der Waals surface area contributed by atoms with Crippen LogP contribution in [0.1, 0.15) is 21.6 Å². The molecule has 0 saturated heterocycles. The van der Waals surface area contributed by atoms with E-state index in [0.29, 0.717) is 23.9 Å². The van der Waals surface area contributed by atoms with Crippen molar-refractivity contribution in [3.63, 3.8) is 0 Å². The van der Waals surface area contributed by atoms with Crippen LogP contribution in [0.4, 0.5) is 17.1 Å². The van der Waals surface area contributed by atoms with Crippen LogP contribution in [0.3, 0.4) is 0 Å². The summed E-state index contributed by atoms with van der Waals surface area (Å²) >= 11 is 0. The highest BCUT2D eigenvalue weighted by Crippen LogP contribution is 2.32. The minimum atomic E-state index is -0.255. The molecule has 0 aliphatic carbocycles. The third-order valence-electron chi connectivity index (χ3n) is 5.05. The number of aryl methyl sites for hydroxylation is 2. The second-order valence-corrected chi connectivity index (χ2v) is 7.29. The van der Waals surface area contributed by atoms with Crippen molar-refractivity contribution in [1.82, 2.24) is 10.3 Å². The highest BCUT2D eigenvalue weighted by atomic mass is 16.5. The van der Waals surface area contributed by atoms with Crippen LogP contribution in [0.15, 0.2) is 54.7 Å². The van der Waals surface area contributed by atoms with E-state index in [9.17, 15) is 4.79 Å². The molecule has 7 heteroatoms. The second kappa shape index (κ2) is 9.84. The Morgan fingerprint density at radius 1 is 1.03 bits per heavy atom. The number of anilines is 3. The van der Waals surface area contributed by atoms with Crippen LogP contribution in [0, 0.1) is 13.8 Å². The molecule has 162 valence electrons. The molecule has 0 spiro atoms. The van der Waals surface area contributed by atoms with E-state index in [-0.39, 0.29) is 5.91 Å². The van der Waals surface area contributed by atoms with Gasteiger partial charge in [0.25, 0.3) is 5.91 Å². The van der Waals surface area contributed by atoms with E-state index in [1.54, 1.807) is 25.4 Å².